The third-order valence-corrected chi connectivity index (χ3v) is 3.55. The van der Waals surface area contributed by atoms with E-state index in [-0.39, 0.29) is 0 Å². The van der Waals surface area contributed by atoms with Crippen molar-refractivity contribution in [1.82, 2.24) is 10.2 Å². The SMILES string of the molecule is CCN(CC)CCNC(CCCSC)C(=O)O. The fourth-order valence-corrected chi connectivity index (χ4v) is 2.14. The minimum atomic E-state index is -0.731. The van der Waals surface area contributed by atoms with E-state index in [1.54, 1.807) is 11.8 Å². The number of hydrogen-bond acceptors (Lipinski definition) is 4. The van der Waals surface area contributed by atoms with Crippen LogP contribution in [-0.4, -0.2) is 60.2 Å². The van der Waals surface area contributed by atoms with Gasteiger partial charge < -0.3 is 15.3 Å². The fraction of sp³-hybridized carbons (Fsp3) is 0.917. The van der Waals surface area contributed by atoms with Crippen LogP contribution >= 0.6 is 11.8 Å². The summed E-state index contributed by atoms with van der Waals surface area (Å²) in [5.41, 5.74) is 0. The number of rotatable bonds is 11. The summed E-state index contributed by atoms with van der Waals surface area (Å²) in [4.78, 5) is 13.3. The average Bonchev–Trinajstić information content (AvgIpc) is 2.32. The molecule has 0 aromatic carbocycles. The molecule has 0 amide bonds. The van der Waals surface area contributed by atoms with E-state index >= 15 is 0 Å². The van der Waals surface area contributed by atoms with E-state index in [1.807, 2.05) is 6.26 Å². The number of hydrogen-bond donors (Lipinski definition) is 2. The summed E-state index contributed by atoms with van der Waals surface area (Å²) in [5, 5.41) is 12.2. The molecule has 0 bridgehead atoms. The minimum absolute atomic E-state index is 0.391. The van der Waals surface area contributed by atoms with E-state index < -0.39 is 12.0 Å². The van der Waals surface area contributed by atoms with Gasteiger partial charge in [-0.05, 0) is 37.9 Å². The first-order valence-corrected chi connectivity index (χ1v) is 7.72. The molecule has 17 heavy (non-hydrogen) atoms. The van der Waals surface area contributed by atoms with Gasteiger partial charge in [-0.25, -0.2) is 0 Å². The van der Waals surface area contributed by atoms with Crippen molar-refractivity contribution in [1.29, 1.82) is 0 Å². The molecule has 0 aromatic rings. The monoisotopic (exact) mass is 262 g/mol. The van der Waals surface area contributed by atoms with E-state index in [4.69, 9.17) is 5.11 Å². The maximum atomic E-state index is 11.0. The summed E-state index contributed by atoms with van der Waals surface area (Å²) in [6.45, 7) is 7.94. The topological polar surface area (TPSA) is 52.6 Å². The van der Waals surface area contributed by atoms with Crippen molar-refractivity contribution < 1.29 is 9.90 Å². The molecule has 0 radical (unpaired) electrons. The zero-order chi connectivity index (χ0) is 13.1. The van der Waals surface area contributed by atoms with Crippen molar-refractivity contribution in [3.8, 4) is 0 Å². The number of carboxylic acid groups (broad SMARTS) is 1. The third-order valence-electron chi connectivity index (χ3n) is 2.85. The Morgan fingerprint density at radius 2 is 2.06 bits per heavy atom. The lowest BCUT2D eigenvalue weighted by molar-refractivity contribution is -0.139. The van der Waals surface area contributed by atoms with Crippen molar-refractivity contribution >= 4 is 17.7 Å². The van der Waals surface area contributed by atoms with Gasteiger partial charge in [0.1, 0.15) is 6.04 Å². The highest BCUT2D eigenvalue weighted by molar-refractivity contribution is 7.98. The van der Waals surface area contributed by atoms with Crippen LogP contribution in [0.5, 0.6) is 0 Å². The predicted molar refractivity (Wildman–Crippen MR) is 74.8 cm³/mol. The maximum absolute atomic E-state index is 11.0. The smallest absolute Gasteiger partial charge is 0.320 e. The lowest BCUT2D eigenvalue weighted by Crippen LogP contribution is -2.41. The molecule has 0 aliphatic heterocycles. The molecule has 5 heteroatoms. The van der Waals surface area contributed by atoms with Gasteiger partial charge >= 0.3 is 5.97 Å². The second kappa shape index (κ2) is 10.9. The summed E-state index contributed by atoms with van der Waals surface area (Å²) >= 11 is 1.76. The Bertz CT molecular complexity index is 199. The standard InChI is InChI=1S/C12H26N2O2S/c1-4-14(5-2)9-8-13-11(12(15)16)7-6-10-17-3/h11,13H,4-10H2,1-3H3,(H,15,16). The predicted octanol–water partition coefficient (Wildman–Crippen LogP) is 1.51. The summed E-state index contributed by atoms with van der Waals surface area (Å²) in [6.07, 6.45) is 3.72. The van der Waals surface area contributed by atoms with E-state index in [0.29, 0.717) is 6.42 Å². The zero-order valence-electron chi connectivity index (χ0n) is 11.2. The molecule has 2 N–H and O–H groups in total. The highest BCUT2D eigenvalue weighted by Gasteiger charge is 2.15. The Kier molecular flexibility index (Phi) is 10.7. The van der Waals surface area contributed by atoms with E-state index in [9.17, 15) is 4.79 Å². The van der Waals surface area contributed by atoms with E-state index in [0.717, 1.165) is 38.4 Å². The highest BCUT2D eigenvalue weighted by Crippen LogP contribution is 2.03. The van der Waals surface area contributed by atoms with Crippen LogP contribution in [0.1, 0.15) is 26.7 Å². The first-order valence-electron chi connectivity index (χ1n) is 6.33. The largest absolute Gasteiger partial charge is 0.480 e. The van der Waals surface area contributed by atoms with Gasteiger partial charge in [-0.2, -0.15) is 11.8 Å². The summed E-state index contributed by atoms with van der Waals surface area (Å²) < 4.78 is 0. The first-order chi connectivity index (χ1) is 8.15. The number of carbonyl (C=O) groups is 1. The molecular weight excluding hydrogens is 236 g/mol. The minimum Gasteiger partial charge on any atom is -0.480 e. The Morgan fingerprint density at radius 3 is 2.53 bits per heavy atom. The molecule has 4 nitrogen and oxygen atoms in total. The first kappa shape index (κ1) is 16.7. The number of thioether (sulfide) groups is 1. The quantitative estimate of drug-likeness (QED) is 0.553. The van der Waals surface area contributed by atoms with Crippen molar-refractivity contribution in [2.45, 2.75) is 32.7 Å². The van der Waals surface area contributed by atoms with Crippen LogP contribution in [0, 0.1) is 0 Å². The summed E-state index contributed by atoms with van der Waals surface area (Å²) in [6, 6.07) is -0.391. The highest BCUT2D eigenvalue weighted by atomic mass is 32.2. The second-order valence-electron chi connectivity index (χ2n) is 4.01. The molecule has 0 saturated carbocycles. The summed E-state index contributed by atoms with van der Waals surface area (Å²) in [5.74, 6) is 0.298. The Hall–Kier alpha value is -0.260. The van der Waals surface area contributed by atoms with Crippen LogP contribution in [0.3, 0.4) is 0 Å². The van der Waals surface area contributed by atoms with Gasteiger partial charge in [-0.15, -0.1) is 0 Å². The molecule has 0 aliphatic rings. The van der Waals surface area contributed by atoms with Crippen LogP contribution in [0.4, 0.5) is 0 Å². The van der Waals surface area contributed by atoms with E-state index in [2.05, 4.69) is 24.1 Å². The molecule has 0 spiro atoms. The molecule has 0 rings (SSSR count). The zero-order valence-corrected chi connectivity index (χ0v) is 12.1. The molecule has 0 aromatic heterocycles. The van der Waals surface area contributed by atoms with E-state index in [1.165, 1.54) is 0 Å². The number of nitrogens with zero attached hydrogens (tertiary/aromatic N) is 1. The molecule has 1 unspecified atom stereocenters. The third kappa shape index (κ3) is 8.46. The van der Waals surface area contributed by atoms with Crippen molar-refractivity contribution in [2.24, 2.45) is 0 Å². The van der Waals surface area contributed by atoms with Crippen LogP contribution in [-0.2, 0) is 4.79 Å². The molecule has 102 valence electrons. The lowest BCUT2D eigenvalue weighted by Gasteiger charge is -2.20. The van der Waals surface area contributed by atoms with Gasteiger partial charge in [0.2, 0.25) is 0 Å². The van der Waals surface area contributed by atoms with Gasteiger partial charge in [0.25, 0.3) is 0 Å². The average molecular weight is 262 g/mol. The number of nitrogens with one attached hydrogen (secondary N) is 1. The van der Waals surface area contributed by atoms with Crippen molar-refractivity contribution in [3.63, 3.8) is 0 Å². The number of carboxylic acids is 1. The number of aliphatic carboxylic acids is 1. The Morgan fingerprint density at radius 1 is 1.41 bits per heavy atom. The van der Waals surface area contributed by atoms with Crippen molar-refractivity contribution in [3.05, 3.63) is 0 Å². The second-order valence-corrected chi connectivity index (χ2v) is 4.99. The molecule has 1 atom stereocenters. The van der Waals surface area contributed by atoms with Crippen LogP contribution < -0.4 is 5.32 Å². The van der Waals surface area contributed by atoms with Crippen molar-refractivity contribution in [2.75, 3.05) is 38.2 Å². The maximum Gasteiger partial charge on any atom is 0.320 e. The van der Waals surface area contributed by atoms with Gasteiger partial charge in [-0.1, -0.05) is 13.8 Å². The van der Waals surface area contributed by atoms with Crippen LogP contribution in [0.15, 0.2) is 0 Å². The molecule has 0 saturated heterocycles. The Labute approximate surface area is 109 Å². The molecule has 0 fully saturated rings. The lowest BCUT2D eigenvalue weighted by atomic mass is 10.1. The molecule has 0 heterocycles. The normalized spacial score (nSPS) is 12.9. The van der Waals surface area contributed by atoms with Gasteiger partial charge in [0.05, 0.1) is 0 Å². The molecular formula is C12H26N2O2S. The fourth-order valence-electron chi connectivity index (χ4n) is 1.68. The van der Waals surface area contributed by atoms with Gasteiger partial charge in [0, 0.05) is 13.1 Å². The van der Waals surface area contributed by atoms with Crippen LogP contribution in [0.2, 0.25) is 0 Å². The number of likely N-dealkylation sites (N-methyl/N-ethyl adjacent to an activating group) is 1. The van der Waals surface area contributed by atoms with Gasteiger partial charge in [0.15, 0.2) is 0 Å². The Balaban J connectivity index is 3.80. The molecule has 0 aliphatic carbocycles. The van der Waals surface area contributed by atoms with Gasteiger partial charge in [-0.3, -0.25) is 4.79 Å². The van der Waals surface area contributed by atoms with Crippen LogP contribution in [0.25, 0.3) is 0 Å². The summed E-state index contributed by atoms with van der Waals surface area (Å²) in [7, 11) is 0.